The zero-order chi connectivity index (χ0) is 21.8. The van der Waals surface area contributed by atoms with Crippen molar-refractivity contribution in [3.8, 4) is 0 Å². The highest BCUT2D eigenvalue weighted by Gasteiger charge is 2.22. The normalized spacial score (nSPS) is 15.3. The van der Waals surface area contributed by atoms with Crippen molar-refractivity contribution in [2.24, 2.45) is 0 Å². The number of likely N-dealkylation sites (tertiary alicyclic amines) is 1. The van der Waals surface area contributed by atoms with Gasteiger partial charge in [-0.1, -0.05) is 11.6 Å². The Kier molecular flexibility index (Phi) is 6.96. The number of thiophene rings is 1. The van der Waals surface area contributed by atoms with Crippen LogP contribution in [-0.2, 0) is 4.74 Å². The Bertz CT molecular complexity index is 1070. The molecule has 0 aliphatic carbocycles. The van der Waals surface area contributed by atoms with Gasteiger partial charge < -0.3 is 20.3 Å². The lowest BCUT2D eigenvalue weighted by atomic mass is 10.1. The first-order valence-electron chi connectivity index (χ1n) is 10.0. The van der Waals surface area contributed by atoms with Gasteiger partial charge in [-0.15, -0.1) is 11.3 Å². The molecule has 4 rings (SSSR count). The summed E-state index contributed by atoms with van der Waals surface area (Å²) in [6.45, 7) is 3.53. The quantitative estimate of drug-likeness (QED) is 0.550. The fraction of sp³-hybridized carbons (Fsp3) is 0.381. The number of methoxy groups -OCH3 is 1. The highest BCUT2D eigenvalue weighted by atomic mass is 35.5. The van der Waals surface area contributed by atoms with Crippen LogP contribution < -0.4 is 10.6 Å². The van der Waals surface area contributed by atoms with Gasteiger partial charge in [-0.25, -0.2) is 14.4 Å². The van der Waals surface area contributed by atoms with Crippen molar-refractivity contribution in [1.82, 2.24) is 20.2 Å². The van der Waals surface area contributed by atoms with Gasteiger partial charge in [0.25, 0.3) is 5.91 Å². The molecular formula is C21H23ClFN5O2S. The topological polar surface area (TPSA) is 79.4 Å². The minimum atomic E-state index is -0.487. The minimum absolute atomic E-state index is 0.0222. The Labute approximate surface area is 188 Å². The number of ether oxygens (including phenoxy) is 1. The van der Waals surface area contributed by atoms with Gasteiger partial charge in [-0.05, 0) is 37.1 Å². The average Bonchev–Trinajstić information content (AvgIpc) is 3.21. The molecule has 0 atom stereocenters. The first-order chi connectivity index (χ1) is 15.0. The number of nitrogens with zero attached hydrogens (tertiary/aromatic N) is 3. The van der Waals surface area contributed by atoms with E-state index in [1.807, 2.05) is 0 Å². The molecule has 7 nitrogen and oxygen atoms in total. The van der Waals surface area contributed by atoms with Crippen LogP contribution in [-0.4, -0.2) is 60.2 Å². The Hall–Kier alpha value is -2.33. The molecular weight excluding hydrogens is 441 g/mol. The second kappa shape index (κ2) is 9.86. The number of halogens is 2. The molecule has 1 aromatic carbocycles. The number of amides is 1. The second-order valence-electron chi connectivity index (χ2n) is 7.39. The molecule has 3 aromatic rings. The van der Waals surface area contributed by atoms with E-state index in [4.69, 9.17) is 16.3 Å². The van der Waals surface area contributed by atoms with E-state index in [9.17, 15) is 9.18 Å². The number of hydrogen-bond donors (Lipinski definition) is 2. The van der Waals surface area contributed by atoms with E-state index in [-0.39, 0.29) is 17.0 Å². The van der Waals surface area contributed by atoms with Gasteiger partial charge in [0.1, 0.15) is 22.8 Å². The predicted octanol–water partition coefficient (Wildman–Crippen LogP) is 4.07. The van der Waals surface area contributed by atoms with Crippen molar-refractivity contribution in [3.63, 3.8) is 0 Å². The lowest BCUT2D eigenvalue weighted by Crippen LogP contribution is -2.45. The van der Waals surface area contributed by atoms with Gasteiger partial charge in [0, 0.05) is 38.5 Å². The van der Waals surface area contributed by atoms with Gasteiger partial charge in [0.15, 0.2) is 0 Å². The van der Waals surface area contributed by atoms with Crippen molar-refractivity contribution in [3.05, 3.63) is 46.3 Å². The van der Waals surface area contributed by atoms with E-state index in [1.54, 1.807) is 19.2 Å². The number of rotatable bonds is 7. The molecule has 1 amide bonds. The Balaban J connectivity index is 1.44. The maximum atomic E-state index is 13.4. The molecule has 0 saturated carbocycles. The molecule has 10 heteroatoms. The summed E-state index contributed by atoms with van der Waals surface area (Å²) in [5.41, 5.74) is 0.601. The van der Waals surface area contributed by atoms with Crippen LogP contribution in [0.15, 0.2) is 30.6 Å². The largest absolute Gasteiger partial charge is 0.383 e. The van der Waals surface area contributed by atoms with Crippen molar-refractivity contribution in [2.45, 2.75) is 18.9 Å². The van der Waals surface area contributed by atoms with Gasteiger partial charge in [-0.3, -0.25) is 4.79 Å². The van der Waals surface area contributed by atoms with Crippen LogP contribution in [0.2, 0.25) is 5.02 Å². The number of aromatic nitrogens is 2. The highest BCUT2D eigenvalue weighted by Crippen LogP contribution is 2.31. The minimum Gasteiger partial charge on any atom is -0.383 e. The molecule has 2 N–H and O–H groups in total. The van der Waals surface area contributed by atoms with Gasteiger partial charge in [0.05, 0.1) is 21.9 Å². The molecule has 2 aromatic heterocycles. The third-order valence-electron chi connectivity index (χ3n) is 5.27. The summed E-state index contributed by atoms with van der Waals surface area (Å²) >= 11 is 7.18. The zero-order valence-electron chi connectivity index (χ0n) is 17.0. The summed E-state index contributed by atoms with van der Waals surface area (Å²) in [4.78, 5) is 25.0. The van der Waals surface area contributed by atoms with Crippen molar-refractivity contribution in [1.29, 1.82) is 0 Å². The zero-order valence-corrected chi connectivity index (χ0v) is 18.6. The smallest absolute Gasteiger partial charge is 0.261 e. The molecule has 164 valence electrons. The maximum absolute atomic E-state index is 13.4. The third-order valence-corrected chi connectivity index (χ3v) is 6.60. The van der Waals surface area contributed by atoms with Gasteiger partial charge in [0.2, 0.25) is 0 Å². The van der Waals surface area contributed by atoms with Crippen LogP contribution in [0, 0.1) is 5.82 Å². The molecule has 31 heavy (non-hydrogen) atoms. The predicted molar refractivity (Wildman–Crippen MR) is 121 cm³/mol. The average molecular weight is 464 g/mol. The fourth-order valence-corrected chi connectivity index (χ4v) is 4.64. The number of carbonyl (C=O) groups excluding carboxylic acids is 1. The van der Waals surface area contributed by atoms with Crippen LogP contribution in [0.3, 0.4) is 0 Å². The first kappa shape index (κ1) is 21.9. The SMILES string of the molecule is COCCN1CCC(NC(=O)c2cc3c(Nc4ccc(F)c(Cl)c4)ncnc3s2)CC1. The molecule has 0 bridgehead atoms. The standard InChI is InChI=1S/C21H23ClFN5O2S/c1-30-9-8-28-6-4-13(5-7-28)27-20(29)18-11-15-19(24-12-25-21(15)31-18)26-14-2-3-17(23)16(22)10-14/h2-3,10-13H,4-9H2,1H3,(H,27,29)(H,24,25,26). The highest BCUT2D eigenvalue weighted by molar-refractivity contribution is 7.20. The lowest BCUT2D eigenvalue weighted by Gasteiger charge is -2.32. The third kappa shape index (κ3) is 5.30. The van der Waals surface area contributed by atoms with E-state index in [2.05, 4.69) is 25.5 Å². The van der Waals surface area contributed by atoms with Crippen LogP contribution in [0.5, 0.6) is 0 Å². The summed E-state index contributed by atoms with van der Waals surface area (Å²) in [5, 5.41) is 7.02. The Morgan fingerprint density at radius 2 is 2.13 bits per heavy atom. The molecule has 3 heterocycles. The Morgan fingerprint density at radius 1 is 1.32 bits per heavy atom. The summed E-state index contributed by atoms with van der Waals surface area (Å²) in [6, 6.07) is 6.30. The number of anilines is 2. The first-order valence-corrected chi connectivity index (χ1v) is 11.2. The van der Waals surface area contributed by atoms with E-state index in [1.165, 1.54) is 29.8 Å². The van der Waals surface area contributed by atoms with E-state index in [0.717, 1.165) is 44.5 Å². The molecule has 0 unspecified atom stereocenters. The van der Waals surface area contributed by atoms with Crippen molar-refractivity contribution in [2.75, 3.05) is 38.7 Å². The molecule has 1 aliphatic heterocycles. The van der Waals surface area contributed by atoms with Crippen LogP contribution in [0.1, 0.15) is 22.5 Å². The molecule has 1 saturated heterocycles. The number of benzene rings is 1. The lowest BCUT2D eigenvalue weighted by molar-refractivity contribution is 0.0896. The summed E-state index contributed by atoms with van der Waals surface area (Å²) in [7, 11) is 1.71. The summed E-state index contributed by atoms with van der Waals surface area (Å²) in [5.74, 6) is -0.0531. The maximum Gasteiger partial charge on any atom is 0.261 e. The second-order valence-corrected chi connectivity index (χ2v) is 8.83. The number of piperidine rings is 1. The number of hydrogen-bond acceptors (Lipinski definition) is 7. The number of nitrogens with one attached hydrogen (secondary N) is 2. The van der Waals surface area contributed by atoms with E-state index in [0.29, 0.717) is 21.2 Å². The van der Waals surface area contributed by atoms with Crippen molar-refractivity contribution < 1.29 is 13.9 Å². The van der Waals surface area contributed by atoms with Gasteiger partial charge in [-0.2, -0.15) is 0 Å². The monoisotopic (exact) mass is 463 g/mol. The Morgan fingerprint density at radius 3 is 2.87 bits per heavy atom. The van der Waals surface area contributed by atoms with Crippen LogP contribution in [0.25, 0.3) is 10.2 Å². The molecule has 0 radical (unpaired) electrons. The molecule has 1 aliphatic rings. The number of carbonyl (C=O) groups is 1. The summed E-state index contributed by atoms with van der Waals surface area (Å²) < 4.78 is 18.5. The van der Waals surface area contributed by atoms with Gasteiger partial charge >= 0.3 is 0 Å². The fourth-order valence-electron chi connectivity index (χ4n) is 3.56. The molecule has 1 fully saturated rings. The summed E-state index contributed by atoms with van der Waals surface area (Å²) in [6.07, 6.45) is 3.26. The number of fused-ring (bicyclic) bond motifs is 1. The van der Waals surface area contributed by atoms with E-state index >= 15 is 0 Å². The van der Waals surface area contributed by atoms with Crippen molar-refractivity contribution >= 4 is 50.6 Å². The van der Waals surface area contributed by atoms with E-state index < -0.39 is 5.82 Å². The molecule has 0 spiro atoms. The van der Waals surface area contributed by atoms with Crippen LogP contribution >= 0.6 is 22.9 Å². The van der Waals surface area contributed by atoms with Crippen LogP contribution in [0.4, 0.5) is 15.9 Å².